The Morgan fingerprint density at radius 1 is 1.35 bits per heavy atom. The van der Waals surface area contributed by atoms with Crippen LogP contribution < -0.4 is 10.2 Å². The molecule has 3 heterocycles. The first-order valence-electron chi connectivity index (χ1n) is 7.31. The second-order valence-corrected chi connectivity index (χ2v) is 5.37. The lowest BCUT2D eigenvalue weighted by molar-refractivity contribution is 0.377. The van der Waals surface area contributed by atoms with Crippen molar-refractivity contribution in [2.45, 2.75) is 45.7 Å². The van der Waals surface area contributed by atoms with Gasteiger partial charge in [0.15, 0.2) is 0 Å². The van der Waals surface area contributed by atoms with Gasteiger partial charge in [0, 0.05) is 25.2 Å². The average Bonchev–Trinajstić information content (AvgIpc) is 2.88. The van der Waals surface area contributed by atoms with Gasteiger partial charge in [-0.3, -0.25) is 0 Å². The van der Waals surface area contributed by atoms with Crippen LogP contribution in [0.2, 0.25) is 0 Å². The van der Waals surface area contributed by atoms with Gasteiger partial charge in [-0.05, 0) is 19.8 Å². The maximum Gasteiger partial charge on any atom is 0.263 e. The van der Waals surface area contributed by atoms with Gasteiger partial charge in [-0.2, -0.15) is 4.98 Å². The molecule has 0 bridgehead atoms. The second-order valence-electron chi connectivity index (χ2n) is 5.37. The molecule has 0 radical (unpaired) electrons. The Balaban J connectivity index is 2.05. The summed E-state index contributed by atoms with van der Waals surface area (Å²) >= 11 is 0. The fourth-order valence-corrected chi connectivity index (χ4v) is 2.88. The molecule has 1 aliphatic heterocycles. The Labute approximate surface area is 118 Å². The number of nitrogens with one attached hydrogen (secondary N) is 1. The molecule has 6 nitrogen and oxygen atoms in total. The number of aryl methyl sites for hydroxylation is 1. The highest BCUT2D eigenvalue weighted by Crippen LogP contribution is 2.29. The van der Waals surface area contributed by atoms with Gasteiger partial charge in [0.2, 0.25) is 0 Å². The van der Waals surface area contributed by atoms with Crippen LogP contribution in [-0.2, 0) is 0 Å². The normalized spacial score (nSPS) is 23.4. The zero-order chi connectivity index (χ0) is 14.1. The van der Waals surface area contributed by atoms with E-state index in [4.69, 9.17) is 4.52 Å². The van der Waals surface area contributed by atoms with Crippen molar-refractivity contribution in [1.29, 1.82) is 0 Å². The van der Waals surface area contributed by atoms with Crippen LogP contribution in [0.1, 0.15) is 32.4 Å². The van der Waals surface area contributed by atoms with E-state index >= 15 is 0 Å². The Morgan fingerprint density at radius 3 is 2.95 bits per heavy atom. The number of aromatic nitrogens is 3. The standard InChI is InChI=1S/C14H21N5O/c1-4-10-7-19(11(5-2)6-15-10)13-12-9(3)18-20-14(12)17-8-16-13/h8,10-11,15H,4-7H2,1-3H3. The highest BCUT2D eigenvalue weighted by molar-refractivity contribution is 5.88. The Morgan fingerprint density at radius 2 is 2.20 bits per heavy atom. The van der Waals surface area contributed by atoms with Crippen molar-refractivity contribution in [3.8, 4) is 0 Å². The third-order valence-electron chi connectivity index (χ3n) is 4.16. The lowest BCUT2D eigenvalue weighted by Gasteiger charge is -2.40. The minimum absolute atomic E-state index is 0.449. The topological polar surface area (TPSA) is 67.1 Å². The van der Waals surface area contributed by atoms with Crippen molar-refractivity contribution in [2.75, 3.05) is 18.0 Å². The van der Waals surface area contributed by atoms with Crippen LogP contribution in [0.3, 0.4) is 0 Å². The van der Waals surface area contributed by atoms with Crippen molar-refractivity contribution in [3.05, 3.63) is 12.0 Å². The van der Waals surface area contributed by atoms with Crippen LogP contribution >= 0.6 is 0 Å². The molecule has 2 atom stereocenters. The summed E-state index contributed by atoms with van der Waals surface area (Å²) in [6, 6.07) is 0.952. The molecule has 1 fully saturated rings. The molecule has 3 rings (SSSR count). The predicted molar refractivity (Wildman–Crippen MR) is 77.8 cm³/mol. The van der Waals surface area contributed by atoms with Crippen LogP contribution in [0.5, 0.6) is 0 Å². The highest BCUT2D eigenvalue weighted by Gasteiger charge is 2.29. The van der Waals surface area contributed by atoms with Crippen molar-refractivity contribution in [2.24, 2.45) is 0 Å². The van der Waals surface area contributed by atoms with Crippen molar-refractivity contribution >= 4 is 16.9 Å². The molecule has 2 aromatic heterocycles. The van der Waals surface area contributed by atoms with E-state index in [0.29, 0.717) is 17.8 Å². The molecular weight excluding hydrogens is 254 g/mol. The van der Waals surface area contributed by atoms with Crippen LogP contribution in [-0.4, -0.2) is 40.3 Å². The van der Waals surface area contributed by atoms with Crippen LogP contribution in [0.15, 0.2) is 10.9 Å². The fourth-order valence-electron chi connectivity index (χ4n) is 2.88. The van der Waals surface area contributed by atoms with Gasteiger partial charge < -0.3 is 14.7 Å². The van der Waals surface area contributed by atoms with Gasteiger partial charge in [0.1, 0.15) is 17.5 Å². The van der Waals surface area contributed by atoms with E-state index in [2.05, 4.69) is 39.2 Å². The van der Waals surface area contributed by atoms with E-state index in [-0.39, 0.29) is 0 Å². The summed E-state index contributed by atoms with van der Waals surface area (Å²) in [5.74, 6) is 0.959. The number of nitrogens with zero attached hydrogens (tertiary/aromatic N) is 4. The average molecular weight is 275 g/mol. The molecule has 1 saturated heterocycles. The van der Waals surface area contributed by atoms with Gasteiger partial charge in [-0.15, -0.1) is 0 Å². The molecular formula is C14H21N5O. The number of piperazine rings is 1. The molecule has 108 valence electrons. The monoisotopic (exact) mass is 275 g/mol. The Hall–Kier alpha value is -1.69. The van der Waals surface area contributed by atoms with E-state index in [1.54, 1.807) is 6.33 Å². The summed E-state index contributed by atoms with van der Waals surface area (Å²) in [5.41, 5.74) is 1.44. The van der Waals surface area contributed by atoms with Gasteiger partial charge in [-0.1, -0.05) is 19.0 Å². The molecule has 1 aliphatic rings. The van der Waals surface area contributed by atoms with Crippen LogP contribution in [0, 0.1) is 6.92 Å². The fraction of sp³-hybridized carbons (Fsp3) is 0.643. The summed E-state index contributed by atoms with van der Waals surface area (Å²) in [6.07, 6.45) is 3.76. The highest BCUT2D eigenvalue weighted by atomic mass is 16.5. The molecule has 6 heteroatoms. The molecule has 20 heavy (non-hydrogen) atoms. The van der Waals surface area contributed by atoms with Gasteiger partial charge in [0.05, 0.1) is 5.69 Å². The van der Waals surface area contributed by atoms with Gasteiger partial charge in [-0.25, -0.2) is 4.98 Å². The van der Waals surface area contributed by atoms with E-state index < -0.39 is 0 Å². The zero-order valence-corrected chi connectivity index (χ0v) is 12.3. The van der Waals surface area contributed by atoms with E-state index in [1.165, 1.54) is 0 Å². The van der Waals surface area contributed by atoms with Gasteiger partial charge >= 0.3 is 0 Å². The molecule has 2 unspecified atom stereocenters. The number of hydrogen-bond donors (Lipinski definition) is 1. The minimum Gasteiger partial charge on any atom is -0.350 e. The molecule has 0 saturated carbocycles. The third kappa shape index (κ3) is 2.14. The van der Waals surface area contributed by atoms with Crippen molar-refractivity contribution in [3.63, 3.8) is 0 Å². The number of anilines is 1. The predicted octanol–water partition coefficient (Wildman–Crippen LogP) is 1.89. The summed E-state index contributed by atoms with van der Waals surface area (Å²) in [7, 11) is 0. The second kappa shape index (κ2) is 5.36. The summed E-state index contributed by atoms with van der Waals surface area (Å²) in [6.45, 7) is 8.32. The first-order valence-corrected chi connectivity index (χ1v) is 7.31. The lowest BCUT2D eigenvalue weighted by atomic mass is 10.0. The maximum absolute atomic E-state index is 5.26. The molecule has 0 aliphatic carbocycles. The molecule has 0 aromatic carbocycles. The zero-order valence-electron chi connectivity index (χ0n) is 12.3. The van der Waals surface area contributed by atoms with Gasteiger partial charge in [0.25, 0.3) is 5.71 Å². The molecule has 2 aromatic rings. The van der Waals surface area contributed by atoms with Crippen LogP contribution in [0.4, 0.5) is 5.82 Å². The van der Waals surface area contributed by atoms with Crippen molar-refractivity contribution < 1.29 is 4.52 Å². The van der Waals surface area contributed by atoms with Crippen LogP contribution in [0.25, 0.3) is 11.1 Å². The smallest absolute Gasteiger partial charge is 0.263 e. The lowest BCUT2D eigenvalue weighted by Crippen LogP contribution is -2.56. The quantitative estimate of drug-likeness (QED) is 0.922. The Bertz CT molecular complexity index is 596. The summed E-state index contributed by atoms with van der Waals surface area (Å²) in [5, 5.41) is 8.57. The first-order chi connectivity index (χ1) is 9.74. The van der Waals surface area contributed by atoms with E-state index in [1.807, 2.05) is 6.92 Å². The third-order valence-corrected chi connectivity index (χ3v) is 4.16. The first kappa shape index (κ1) is 13.3. The maximum atomic E-state index is 5.26. The number of hydrogen-bond acceptors (Lipinski definition) is 6. The Kier molecular flexibility index (Phi) is 3.56. The SMILES string of the molecule is CCC1CN(c2ncnc3onc(C)c23)C(CC)CN1. The number of rotatable bonds is 3. The van der Waals surface area contributed by atoms with E-state index in [0.717, 1.165) is 42.8 Å². The largest absolute Gasteiger partial charge is 0.350 e. The molecule has 0 spiro atoms. The molecule has 1 N–H and O–H groups in total. The summed E-state index contributed by atoms with van der Waals surface area (Å²) < 4.78 is 5.26. The van der Waals surface area contributed by atoms with Crippen molar-refractivity contribution in [1.82, 2.24) is 20.4 Å². The summed E-state index contributed by atoms with van der Waals surface area (Å²) in [4.78, 5) is 11.1. The number of fused-ring (bicyclic) bond motifs is 1. The van der Waals surface area contributed by atoms with E-state index in [9.17, 15) is 0 Å². The molecule has 0 amide bonds. The minimum atomic E-state index is 0.449.